The Kier molecular flexibility index (Phi) is 5.62. The highest BCUT2D eigenvalue weighted by molar-refractivity contribution is 9.10. The van der Waals surface area contributed by atoms with Crippen molar-refractivity contribution in [2.75, 3.05) is 11.9 Å². The summed E-state index contributed by atoms with van der Waals surface area (Å²) in [6.07, 6.45) is 0. The highest BCUT2D eigenvalue weighted by Crippen LogP contribution is 2.19. The fourth-order valence-electron chi connectivity index (χ4n) is 1.43. The number of carbonyl (C=O) groups is 1. The molecule has 0 aromatic heterocycles. The molecule has 0 aliphatic heterocycles. The van der Waals surface area contributed by atoms with E-state index >= 15 is 0 Å². The van der Waals surface area contributed by atoms with E-state index in [1.165, 1.54) is 0 Å². The van der Waals surface area contributed by atoms with Gasteiger partial charge < -0.3 is 15.7 Å². The summed E-state index contributed by atoms with van der Waals surface area (Å²) in [6, 6.07) is 5.33. The van der Waals surface area contributed by atoms with Crippen molar-refractivity contribution in [3.8, 4) is 0 Å². The van der Waals surface area contributed by atoms with E-state index in [4.69, 9.17) is 5.11 Å². The monoisotopic (exact) mass is 314 g/mol. The molecule has 0 spiro atoms. The highest BCUT2D eigenvalue weighted by Gasteiger charge is 2.14. The quantitative estimate of drug-likeness (QED) is 0.800. The van der Waals surface area contributed by atoms with E-state index in [9.17, 15) is 4.79 Å². The van der Waals surface area contributed by atoms with Gasteiger partial charge in [0.15, 0.2) is 0 Å². The van der Waals surface area contributed by atoms with E-state index < -0.39 is 0 Å². The van der Waals surface area contributed by atoms with Crippen LogP contribution < -0.4 is 10.6 Å². The Morgan fingerprint density at radius 3 is 2.67 bits per heavy atom. The first kappa shape index (κ1) is 15.0. The lowest BCUT2D eigenvalue weighted by Gasteiger charge is -2.20. The molecule has 0 aliphatic rings. The van der Waals surface area contributed by atoms with Crippen LogP contribution >= 0.6 is 15.9 Å². The standard InChI is InChI=1S/C13H19BrN2O2/c1-8-6-11(14)4-5-12(8)16-13(18)15-10(3)9(2)7-17/h4-6,9-10,17H,7H2,1-3H3,(H2,15,16,18). The maximum Gasteiger partial charge on any atom is 0.319 e. The zero-order chi connectivity index (χ0) is 13.7. The fourth-order valence-corrected chi connectivity index (χ4v) is 1.91. The van der Waals surface area contributed by atoms with E-state index in [0.717, 1.165) is 15.7 Å². The molecule has 1 aromatic carbocycles. The van der Waals surface area contributed by atoms with Crippen LogP contribution in [0, 0.1) is 12.8 Å². The normalized spacial score (nSPS) is 13.8. The number of aliphatic hydroxyl groups excluding tert-OH is 1. The first-order valence-electron chi connectivity index (χ1n) is 5.88. The molecule has 1 rings (SSSR count). The molecular weight excluding hydrogens is 296 g/mol. The average Bonchev–Trinajstić information content (AvgIpc) is 2.31. The lowest BCUT2D eigenvalue weighted by Crippen LogP contribution is -2.40. The molecule has 0 radical (unpaired) electrons. The van der Waals surface area contributed by atoms with Crippen LogP contribution in [0.25, 0.3) is 0 Å². The Morgan fingerprint density at radius 1 is 1.44 bits per heavy atom. The summed E-state index contributed by atoms with van der Waals surface area (Å²) in [6.45, 7) is 5.74. The number of anilines is 1. The second-order valence-electron chi connectivity index (χ2n) is 4.51. The van der Waals surface area contributed by atoms with Gasteiger partial charge in [-0.25, -0.2) is 4.79 Å². The number of nitrogens with one attached hydrogen (secondary N) is 2. The number of rotatable bonds is 4. The van der Waals surface area contributed by atoms with Gasteiger partial charge in [0.2, 0.25) is 0 Å². The van der Waals surface area contributed by atoms with Crippen LogP contribution in [0.1, 0.15) is 19.4 Å². The molecule has 0 saturated carbocycles. The molecule has 0 aliphatic carbocycles. The zero-order valence-corrected chi connectivity index (χ0v) is 12.4. The van der Waals surface area contributed by atoms with E-state index in [2.05, 4.69) is 26.6 Å². The van der Waals surface area contributed by atoms with Crippen LogP contribution in [-0.2, 0) is 0 Å². The smallest absolute Gasteiger partial charge is 0.319 e. The SMILES string of the molecule is Cc1cc(Br)ccc1NC(=O)NC(C)C(C)CO. The van der Waals surface area contributed by atoms with Crippen molar-refractivity contribution in [1.82, 2.24) is 5.32 Å². The minimum Gasteiger partial charge on any atom is -0.396 e. The van der Waals surface area contributed by atoms with Gasteiger partial charge in [-0.15, -0.1) is 0 Å². The molecule has 1 aromatic rings. The summed E-state index contributed by atoms with van der Waals surface area (Å²) in [4.78, 5) is 11.8. The summed E-state index contributed by atoms with van der Waals surface area (Å²) in [5, 5.41) is 14.6. The molecule has 0 fully saturated rings. The number of aliphatic hydroxyl groups is 1. The van der Waals surface area contributed by atoms with Gasteiger partial charge in [0.1, 0.15) is 0 Å². The summed E-state index contributed by atoms with van der Waals surface area (Å²) < 4.78 is 0.980. The van der Waals surface area contributed by atoms with Gasteiger partial charge in [-0.1, -0.05) is 22.9 Å². The lowest BCUT2D eigenvalue weighted by atomic mass is 10.1. The zero-order valence-electron chi connectivity index (χ0n) is 10.8. The number of aryl methyl sites for hydroxylation is 1. The van der Waals surface area contributed by atoms with E-state index in [1.807, 2.05) is 39.0 Å². The van der Waals surface area contributed by atoms with Gasteiger partial charge in [0.25, 0.3) is 0 Å². The minimum absolute atomic E-state index is 0.0294. The van der Waals surface area contributed by atoms with Crippen molar-refractivity contribution in [1.29, 1.82) is 0 Å². The number of amides is 2. The number of benzene rings is 1. The van der Waals surface area contributed by atoms with E-state index in [-0.39, 0.29) is 24.6 Å². The summed E-state index contributed by atoms with van der Waals surface area (Å²) in [5.74, 6) is 0.0294. The lowest BCUT2D eigenvalue weighted by molar-refractivity contribution is 0.204. The average molecular weight is 315 g/mol. The van der Waals surface area contributed by atoms with Crippen LogP contribution in [0.5, 0.6) is 0 Å². The van der Waals surface area contributed by atoms with Crippen molar-refractivity contribution >= 4 is 27.6 Å². The number of halogens is 1. The van der Waals surface area contributed by atoms with Gasteiger partial charge in [-0.3, -0.25) is 0 Å². The molecule has 0 bridgehead atoms. The summed E-state index contributed by atoms with van der Waals surface area (Å²) >= 11 is 3.38. The Labute approximate surface area is 116 Å². The third-order valence-corrected chi connectivity index (χ3v) is 3.43. The molecular formula is C13H19BrN2O2. The Bertz CT molecular complexity index is 423. The fraction of sp³-hybridized carbons (Fsp3) is 0.462. The first-order valence-corrected chi connectivity index (χ1v) is 6.68. The van der Waals surface area contributed by atoms with Gasteiger partial charge in [-0.2, -0.15) is 0 Å². The van der Waals surface area contributed by atoms with Crippen molar-refractivity contribution in [3.63, 3.8) is 0 Å². The van der Waals surface area contributed by atoms with Crippen molar-refractivity contribution < 1.29 is 9.90 Å². The topological polar surface area (TPSA) is 61.4 Å². The molecule has 0 heterocycles. The molecule has 2 atom stereocenters. The molecule has 2 unspecified atom stereocenters. The molecule has 0 saturated heterocycles. The highest BCUT2D eigenvalue weighted by atomic mass is 79.9. The van der Waals surface area contributed by atoms with E-state index in [0.29, 0.717) is 0 Å². The summed E-state index contributed by atoms with van der Waals surface area (Å²) in [7, 11) is 0. The van der Waals surface area contributed by atoms with Crippen molar-refractivity contribution in [2.24, 2.45) is 5.92 Å². The third kappa shape index (κ3) is 4.31. The maximum atomic E-state index is 11.8. The number of urea groups is 1. The molecule has 4 nitrogen and oxygen atoms in total. The second kappa shape index (κ2) is 6.75. The van der Waals surface area contributed by atoms with Crippen LogP contribution in [0.15, 0.2) is 22.7 Å². The van der Waals surface area contributed by atoms with Gasteiger partial charge in [0.05, 0.1) is 0 Å². The number of hydrogen-bond donors (Lipinski definition) is 3. The molecule has 2 amide bonds. The second-order valence-corrected chi connectivity index (χ2v) is 5.42. The molecule has 5 heteroatoms. The Morgan fingerprint density at radius 2 is 2.11 bits per heavy atom. The van der Waals surface area contributed by atoms with Crippen LogP contribution in [0.2, 0.25) is 0 Å². The molecule has 100 valence electrons. The Hall–Kier alpha value is -1.07. The predicted octanol–water partition coefficient (Wildman–Crippen LogP) is 2.90. The van der Waals surface area contributed by atoms with Crippen LogP contribution in [-0.4, -0.2) is 23.8 Å². The molecule has 18 heavy (non-hydrogen) atoms. The number of hydrogen-bond acceptors (Lipinski definition) is 2. The van der Waals surface area contributed by atoms with Crippen molar-refractivity contribution in [2.45, 2.75) is 26.8 Å². The van der Waals surface area contributed by atoms with Gasteiger partial charge in [-0.05, 0) is 43.5 Å². The third-order valence-electron chi connectivity index (χ3n) is 2.94. The number of carbonyl (C=O) groups excluding carboxylic acids is 1. The van der Waals surface area contributed by atoms with Gasteiger partial charge in [0, 0.05) is 22.8 Å². The predicted molar refractivity (Wildman–Crippen MR) is 76.7 cm³/mol. The summed E-state index contributed by atoms with van der Waals surface area (Å²) in [5.41, 5.74) is 1.77. The minimum atomic E-state index is -0.256. The molecule has 3 N–H and O–H groups in total. The van der Waals surface area contributed by atoms with E-state index in [1.54, 1.807) is 0 Å². The maximum absolute atomic E-state index is 11.8. The van der Waals surface area contributed by atoms with Crippen LogP contribution in [0.4, 0.5) is 10.5 Å². The largest absolute Gasteiger partial charge is 0.396 e. The first-order chi connectivity index (χ1) is 8.43. The van der Waals surface area contributed by atoms with Crippen molar-refractivity contribution in [3.05, 3.63) is 28.2 Å². The van der Waals surface area contributed by atoms with Crippen LogP contribution in [0.3, 0.4) is 0 Å². The Balaban J connectivity index is 2.59. The van der Waals surface area contributed by atoms with Gasteiger partial charge >= 0.3 is 6.03 Å².